The Bertz CT molecular complexity index is 901. The minimum atomic E-state index is -0.688. The first-order chi connectivity index (χ1) is 11.6. The number of allylic oxidation sites excluding steroid dienone is 1. The first kappa shape index (κ1) is 16.8. The summed E-state index contributed by atoms with van der Waals surface area (Å²) in [6.45, 7) is 3.44. The van der Waals surface area contributed by atoms with Crippen molar-refractivity contribution in [3.05, 3.63) is 35.7 Å². The minimum Gasteiger partial charge on any atom is -0.364 e. The lowest BCUT2D eigenvalue weighted by Crippen LogP contribution is -2.13. The number of carbonyl (C=O) groups excluding carboxylic acids is 2. The van der Waals surface area contributed by atoms with E-state index in [1.807, 2.05) is 6.07 Å². The molecular weight excluding hydrogens is 308 g/mol. The molecule has 8 nitrogen and oxygen atoms in total. The van der Waals surface area contributed by atoms with Crippen molar-refractivity contribution in [2.45, 2.75) is 6.54 Å². The molecule has 8 heteroatoms. The number of primary amides is 1. The Hall–Kier alpha value is -3.60. The van der Waals surface area contributed by atoms with Crippen molar-refractivity contribution >= 4 is 41.6 Å². The first-order valence-electron chi connectivity index (χ1n) is 6.89. The second kappa shape index (κ2) is 7.60. The summed E-state index contributed by atoms with van der Waals surface area (Å²) in [5.41, 5.74) is 7.36. The molecule has 2 aromatic rings. The fourth-order valence-electron chi connectivity index (χ4n) is 2.22. The largest absolute Gasteiger partial charge is 0.364 e. The van der Waals surface area contributed by atoms with Gasteiger partial charge in [0.05, 0.1) is 18.1 Å². The summed E-state index contributed by atoms with van der Waals surface area (Å²) in [6.07, 6.45) is 3.67. The van der Waals surface area contributed by atoms with Crippen molar-refractivity contribution in [3.63, 3.8) is 0 Å². The third-order valence-corrected chi connectivity index (χ3v) is 3.19. The van der Waals surface area contributed by atoms with E-state index in [9.17, 15) is 9.59 Å². The Kier molecular flexibility index (Phi) is 5.31. The molecule has 0 spiro atoms. The van der Waals surface area contributed by atoms with E-state index in [4.69, 9.17) is 11.0 Å². The van der Waals surface area contributed by atoms with Gasteiger partial charge in [-0.1, -0.05) is 6.07 Å². The van der Waals surface area contributed by atoms with Crippen LogP contribution in [0.3, 0.4) is 0 Å². The van der Waals surface area contributed by atoms with E-state index >= 15 is 0 Å². The number of benzene rings is 1. The Morgan fingerprint density at radius 2 is 2.29 bits per heavy atom. The molecular formula is C16H14N6O2. The number of fused-ring (bicyclic) bond motifs is 1. The fourth-order valence-corrected chi connectivity index (χ4v) is 2.22. The third-order valence-electron chi connectivity index (χ3n) is 3.19. The quantitative estimate of drug-likeness (QED) is 0.463. The predicted octanol–water partition coefficient (Wildman–Crippen LogP) is 0.970. The molecule has 0 unspecified atom stereocenters. The maximum absolute atomic E-state index is 11.6. The Morgan fingerprint density at radius 3 is 2.92 bits per heavy atom. The second-order valence-corrected chi connectivity index (χ2v) is 4.69. The average Bonchev–Trinajstić information content (AvgIpc) is 2.93. The highest BCUT2D eigenvalue weighted by atomic mass is 16.1. The van der Waals surface area contributed by atoms with E-state index < -0.39 is 5.91 Å². The minimum absolute atomic E-state index is 0.0144. The summed E-state index contributed by atoms with van der Waals surface area (Å²) < 4.78 is 1.41. The first-order valence-corrected chi connectivity index (χ1v) is 6.89. The zero-order chi connectivity index (χ0) is 17.5. The van der Waals surface area contributed by atoms with Gasteiger partial charge in [0.1, 0.15) is 12.8 Å². The number of rotatable bonds is 7. The van der Waals surface area contributed by atoms with Crippen LogP contribution in [0.2, 0.25) is 0 Å². The number of amides is 1. The summed E-state index contributed by atoms with van der Waals surface area (Å²) in [6, 6.07) is 7.11. The van der Waals surface area contributed by atoms with E-state index in [2.05, 4.69) is 21.8 Å². The number of aliphatic imine (C=N–C) groups is 2. The molecule has 0 radical (unpaired) electrons. The van der Waals surface area contributed by atoms with Crippen molar-refractivity contribution in [2.24, 2.45) is 15.7 Å². The Morgan fingerprint density at radius 1 is 1.50 bits per heavy atom. The molecule has 1 aromatic heterocycles. The van der Waals surface area contributed by atoms with Crippen LogP contribution in [0.15, 0.2) is 34.4 Å². The van der Waals surface area contributed by atoms with Crippen LogP contribution < -0.4 is 5.73 Å². The van der Waals surface area contributed by atoms with Gasteiger partial charge in [0.15, 0.2) is 5.69 Å². The zero-order valence-corrected chi connectivity index (χ0v) is 12.7. The lowest BCUT2D eigenvalue weighted by molar-refractivity contribution is -0.108. The molecule has 0 bridgehead atoms. The third kappa shape index (κ3) is 3.41. The van der Waals surface area contributed by atoms with Crippen molar-refractivity contribution in [2.75, 3.05) is 6.54 Å². The van der Waals surface area contributed by atoms with Gasteiger partial charge in [0, 0.05) is 23.4 Å². The number of aldehydes is 1. The number of nitrogens with zero attached hydrogens (tertiary/aromatic N) is 5. The van der Waals surface area contributed by atoms with E-state index in [0.717, 1.165) is 0 Å². The van der Waals surface area contributed by atoms with Crippen molar-refractivity contribution in [1.29, 1.82) is 5.26 Å². The highest BCUT2D eigenvalue weighted by molar-refractivity contribution is 6.12. The molecule has 1 aromatic carbocycles. The Labute approximate surface area is 137 Å². The summed E-state index contributed by atoms with van der Waals surface area (Å²) >= 11 is 0. The van der Waals surface area contributed by atoms with E-state index in [-0.39, 0.29) is 18.8 Å². The topological polar surface area (TPSA) is 126 Å². The van der Waals surface area contributed by atoms with Crippen LogP contribution in [0.1, 0.15) is 16.1 Å². The van der Waals surface area contributed by atoms with Crippen LogP contribution in [0.25, 0.3) is 16.5 Å². The molecule has 1 amide bonds. The molecule has 0 saturated carbocycles. The summed E-state index contributed by atoms with van der Waals surface area (Å²) in [4.78, 5) is 30.0. The van der Waals surface area contributed by atoms with Crippen molar-refractivity contribution in [3.8, 4) is 6.07 Å². The van der Waals surface area contributed by atoms with Crippen LogP contribution in [-0.4, -0.2) is 41.5 Å². The molecule has 0 fully saturated rings. The van der Waals surface area contributed by atoms with Gasteiger partial charge in [-0.15, -0.1) is 0 Å². The average molecular weight is 322 g/mol. The maximum Gasteiger partial charge on any atom is 0.269 e. The zero-order valence-electron chi connectivity index (χ0n) is 12.7. The summed E-state index contributed by atoms with van der Waals surface area (Å²) in [7, 11) is 0. The fraction of sp³-hybridized carbons (Fsp3) is 0.125. The molecule has 0 aliphatic rings. The monoisotopic (exact) mass is 322 g/mol. The SMILES string of the molecule is C=N/C=C(\C=NCC#N)c1ccc2c(c1)c(C(N)=O)nn2CC=O. The molecule has 0 aliphatic heterocycles. The number of hydrogen-bond acceptors (Lipinski definition) is 6. The molecule has 0 atom stereocenters. The standard InChI is InChI=1S/C16H14N6O2/c1-19-9-12(10-20-5-4-17)11-2-3-14-13(8-11)15(16(18)24)21-22(14)6-7-23/h2-3,7-10H,1,5-6H2,(H2,18,24)/b12-9+,20-10?. The van der Waals surface area contributed by atoms with E-state index in [1.54, 1.807) is 18.2 Å². The normalized spacial score (nSPS) is 11.5. The highest BCUT2D eigenvalue weighted by Crippen LogP contribution is 2.23. The van der Waals surface area contributed by atoms with Gasteiger partial charge < -0.3 is 10.5 Å². The molecule has 0 saturated heterocycles. The number of hydrogen-bond donors (Lipinski definition) is 1. The predicted molar refractivity (Wildman–Crippen MR) is 90.8 cm³/mol. The smallest absolute Gasteiger partial charge is 0.269 e. The van der Waals surface area contributed by atoms with Crippen LogP contribution >= 0.6 is 0 Å². The van der Waals surface area contributed by atoms with Gasteiger partial charge in [-0.25, -0.2) is 0 Å². The van der Waals surface area contributed by atoms with Crippen molar-refractivity contribution < 1.29 is 9.59 Å². The second-order valence-electron chi connectivity index (χ2n) is 4.69. The molecule has 120 valence electrons. The number of nitrogens with two attached hydrogens (primary N) is 1. The summed E-state index contributed by atoms with van der Waals surface area (Å²) in [5, 5.41) is 13.2. The van der Waals surface area contributed by atoms with Gasteiger partial charge >= 0.3 is 0 Å². The number of nitriles is 1. The van der Waals surface area contributed by atoms with Crippen LogP contribution in [0.5, 0.6) is 0 Å². The summed E-state index contributed by atoms with van der Waals surface area (Å²) in [5.74, 6) is -0.688. The maximum atomic E-state index is 11.6. The molecule has 0 aliphatic carbocycles. The van der Waals surface area contributed by atoms with Gasteiger partial charge in [-0.3, -0.25) is 19.5 Å². The van der Waals surface area contributed by atoms with Crippen molar-refractivity contribution in [1.82, 2.24) is 9.78 Å². The van der Waals surface area contributed by atoms with Gasteiger partial charge in [0.25, 0.3) is 5.91 Å². The molecule has 1 heterocycles. The Balaban J connectivity index is 2.60. The van der Waals surface area contributed by atoms with Gasteiger partial charge in [-0.05, 0) is 24.4 Å². The van der Waals surface area contributed by atoms with Crippen LogP contribution in [-0.2, 0) is 11.3 Å². The molecule has 2 rings (SSSR count). The van der Waals surface area contributed by atoms with Crippen LogP contribution in [0.4, 0.5) is 0 Å². The van der Waals surface area contributed by atoms with E-state index in [1.165, 1.54) is 17.1 Å². The number of carbonyl (C=O) groups is 2. The van der Waals surface area contributed by atoms with E-state index in [0.29, 0.717) is 28.3 Å². The lowest BCUT2D eigenvalue weighted by atomic mass is 10.0. The molecule has 24 heavy (non-hydrogen) atoms. The van der Waals surface area contributed by atoms with Gasteiger partial charge in [-0.2, -0.15) is 10.4 Å². The molecule has 2 N–H and O–H groups in total. The lowest BCUT2D eigenvalue weighted by Gasteiger charge is -2.03. The highest BCUT2D eigenvalue weighted by Gasteiger charge is 2.15. The van der Waals surface area contributed by atoms with Crippen LogP contribution in [0, 0.1) is 11.3 Å². The van der Waals surface area contributed by atoms with Gasteiger partial charge in [0.2, 0.25) is 0 Å². The number of aromatic nitrogens is 2.